The molecule has 0 saturated carbocycles. The average molecular weight is 345 g/mol. The predicted octanol–water partition coefficient (Wildman–Crippen LogP) is 3.99. The molecule has 0 radical (unpaired) electrons. The maximum atomic E-state index is 12.2. The summed E-state index contributed by atoms with van der Waals surface area (Å²) in [5, 5.41) is 0.643. The van der Waals surface area contributed by atoms with Gasteiger partial charge in [0.2, 0.25) is 0 Å². The number of benzene rings is 2. The molecule has 5 heteroatoms. The van der Waals surface area contributed by atoms with Crippen LogP contribution >= 0.6 is 27.5 Å². The molecule has 0 fully saturated rings. The first-order valence-corrected chi connectivity index (χ1v) is 7.73. The fourth-order valence-corrected chi connectivity index (χ4v) is 3.48. The van der Waals surface area contributed by atoms with Gasteiger partial charge in [-0.3, -0.25) is 4.21 Å². The second kappa shape index (κ2) is 5.87. The molecule has 2 rings (SSSR count). The van der Waals surface area contributed by atoms with Crippen LogP contribution in [0.15, 0.2) is 51.8 Å². The lowest BCUT2D eigenvalue weighted by molar-refractivity contribution is 0.682. The maximum Gasteiger partial charge on any atom is 0.0574 e. The molecule has 0 amide bonds. The van der Waals surface area contributed by atoms with Crippen LogP contribution in [0.25, 0.3) is 0 Å². The van der Waals surface area contributed by atoms with Crippen LogP contribution in [0.1, 0.15) is 5.56 Å². The summed E-state index contributed by atoms with van der Waals surface area (Å²) in [6.45, 7) is 0. The molecule has 0 saturated heterocycles. The number of nitrogen functional groups attached to an aromatic ring is 1. The largest absolute Gasteiger partial charge is 0.399 e. The molecule has 0 aromatic heterocycles. The molecule has 2 aromatic rings. The third kappa shape index (κ3) is 3.34. The standard InChI is InChI=1S/C13H11BrClNOS/c14-13-7-11(16)4-1-9(13)8-18(17)12-5-2-10(15)3-6-12/h1-7H,8,16H2. The Bertz CT molecular complexity index is 586. The van der Waals surface area contributed by atoms with E-state index in [2.05, 4.69) is 15.9 Å². The smallest absolute Gasteiger partial charge is 0.0574 e. The maximum absolute atomic E-state index is 12.2. The summed E-state index contributed by atoms with van der Waals surface area (Å²) in [4.78, 5) is 0.767. The number of anilines is 1. The second-order valence-electron chi connectivity index (χ2n) is 3.79. The predicted molar refractivity (Wildman–Crippen MR) is 80.1 cm³/mol. The van der Waals surface area contributed by atoms with Gasteiger partial charge in [0, 0.05) is 20.1 Å². The Morgan fingerprint density at radius 2 is 1.83 bits per heavy atom. The molecule has 0 aliphatic carbocycles. The van der Waals surface area contributed by atoms with Gasteiger partial charge in [-0.05, 0) is 42.0 Å². The van der Waals surface area contributed by atoms with E-state index in [9.17, 15) is 4.21 Å². The van der Waals surface area contributed by atoms with E-state index in [-0.39, 0.29) is 0 Å². The first-order chi connectivity index (χ1) is 8.56. The van der Waals surface area contributed by atoms with Crippen molar-refractivity contribution in [1.82, 2.24) is 0 Å². The topological polar surface area (TPSA) is 43.1 Å². The number of nitrogens with two attached hydrogens (primary N) is 1. The molecule has 2 N–H and O–H groups in total. The van der Waals surface area contributed by atoms with Gasteiger partial charge in [0.05, 0.1) is 16.6 Å². The van der Waals surface area contributed by atoms with Crippen LogP contribution in [0, 0.1) is 0 Å². The monoisotopic (exact) mass is 343 g/mol. The van der Waals surface area contributed by atoms with Crippen LogP contribution in [0.3, 0.4) is 0 Å². The van der Waals surface area contributed by atoms with Crippen molar-refractivity contribution >= 4 is 44.0 Å². The molecule has 18 heavy (non-hydrogen) atoms. The second-order valence-corrected chi connectivity index (χ2v) is 6.54. The van der Waals surface area contributed by atoms with Crippen LogP contribution in [-0.2, 0) is 16.6 Å². The number of rotatable bonds is 3. The molecule has 0 bridgehead atoms. The molecule has 1 atom stereocenters. The number of hydrogen-bond acceptors (Lipinski definition) is 2. The highest BCUT2D eigenvalue weighted by Crippen LogP contribution is 2.23. The van der Waals surface area contributed by atoms with Crippen molar-refractivity contribution in [3.05, 3.63) is 57.5 Å². The average Bonchev–Trinajstić information content (AvgIpc) is 2.33. The molecule has 1 unspecified atom stereocenters. The molecule has 2 nitrogen and oxygen atoms in total. The molecule has 2 aromatic carbocycles. The lowest BCUT2D eigenvalue weighted by Crippen LogP contribution is -1.98. The van der Waals surface area contributed by atoms with Crippen LogP contribution in [0.5, 0.6) is 0 Å². The van der Waals surface area contributed by atoms with Gasteiger partial charge in [-0.2, -0.15) is 0 Å². The molecular weight excluding hydrogens is 334 g/mol. The summed E-state index contributed by atoms with van der Waals surface area (Å²) in [6, 6.07) is 12.5. The van der Waals surface area contributed by atoms with Crippen LogP contribution < -0.4 is 5.73 Å². The van der Waals surface area contributed by atoms with E-state index in [0.717, 1.165) is 14.9 Å². The third-order valence-electron chi connectivity index (χ3n) is 2.44. The summed E-state index contributed by atoms with van der Waals surface area (Å²) < 4.78 is 13.1. The Morgan fingerprint density at radius 1 is 1.17 bits per heavy atom. The van der Waals surface area contributed by atoms with Crippen molar-refractivity contribution in [2.24, 2.45) is 0 Å². The van der Waals surface area contributed by atoms with E-state index >= 15 is 0 Å². The van der Waals surface area contributed by atoms with E-state index < -0.39 is 10.8 Å². The minimum absolute atomic E-state index is 0.447. The SMILES string of the molecule is Nc1ccc(CS(=O)c2ccc(Cl)cc2)c(Br)c1. The third-order valence-corrected chi connectivity index (χ3v) is 4.80. The Labute approximate surface area is 122 Å². The molecular formula is C13H11BrClNOS. The van der Waals surface area contributed by atoms with Gasteiger partial charge in [-0.15, -0.1) is 0 Å². The van der Waals surface area contributed by atoms with Crippen molar-refractivity contribution in [3.63, 3.8) is 0 Å². The van der Waals surface area contributed by atoms with Crippen molar-refractivity contribution in [3.8, 4) is 0 Å². The normalized spacial score (nSPS) is 12.3. The van der Waals surface area contributed by atoms with Gasteiger partial charge >= 0.3 is 0 Å². The Hall–Kier alpha value is -0.840. The molecule has 0 aliphatic rings. The highest BCUT2D eigenvalue weighted by molar-refractivity contribution is 9.10. The van der Waals surface area contributed by atoms with E-state index in [1.807, 2.05) is 12.1 Å². The van der Waals surface area contributed by atoms with E-state index in [4.69, 9.17) is 17.3 Å². The fraction of sp³-hybridized carbons (Fsp3) is 0.0769. The first-order valence-electron chi connectivity index (χ1n) is 5.24. The highest BCUT2D eigenvalue weighted by atomic mass is 79.9. The molecule has 0 spiro atoms. The summed E-state index contributed by atoms with van der Waals surface area (Å²) in [7, 11) is -1.09. The summed E-state index contributed by atoms with van der Waals surface area (Å²) >= 11 is 9.22. The lowest BCUT2D eigenvalue weighted by Gasteiger charge is -2.06. The zero-order chi connectivity index (χ0) is 13.1. The van der Waals surface area contributed by atoms with Crippen molar-refractivity contribution in [1.29, 1.82) is 0 Å². The van der Waals surface area contributed by atoms with Gasteiger partial charge in [-0.1, -0.05) is 33.6 Å². The summed E-state index contributed by atoms with van der Waals surface area (Å²) in [6.07, 6.45) is 0. The minimum Gasteiger partial charge on any atom is -0.399 e. The summed E-state index contributed by atoms with van der Waals surface area (Å²) in [5.41, 5.74) is 7.32. The van der Waals surface area contributed by atoms with E-state index in [1.54, 1.807) is 30.3 Å². The molecule has 94 valence electrons. The zero-order valence-electron chi connectivity index (χ0n) is 9.40. The molecule has 0 aliphatic heterocycles. The Kier molecular flexibility index (Phi) is 4.43. The van der Waals surface area contributed by atoms with Gasteiger partial charge in [0.1, 0.15) is 0 Å². The van der Waals surface area contributed by atoms with E-state index in [0.29, 0.717) is 16.5 Å². The Balaban J connectivity index is 2.18. The van der Waals surface area contributed by atoms with Crippen LogP contribution in [0.4, 0.5) is 5.69 Å². The highest BCUT2D eigenvalue weighted by Gasteiger charge is 2.08. The van der Waals surface area contributed by atoms with Crippen molar-refractivity contribution < 1.29 is 4.21 Å². The first kappa shape index (κ1) is 13.6. The van der Waals surface area contributed by atoms with Crippen LogP contribution in [-0.4, -0.2) is 4.21 Å². The summed E-state index contributed by atoms with van der Waals surface area (Å²) in [5.74, 6) is 0.447. The van der Waals surface area contributed by atoms with E-state index in [1.165, 1.54) is 0 Å². The van der Waals surface area contributed by atoms with Crippen molar-refractivity contribution in [2.75, 3.05) is 5.73 Å². The zero-order valence-corrected chi connectivity index (χ0v) is 12.6. The quantitative estimate of drug-likeness (QED) is 0.855. The number of halogens is 2. The lowest BCUT2D eigenvalue weighted by atomic mass is 10.2. The number of hydrogen-bond donors (Lipinski definition) is 1. The van der Waals surface area contributed by atoms with Gasteiger partial charge < -0.3 is 5.73 Å². The van der Waals surface area contributed by atoms with Gasteiger partial charge in [-0.25, -0.2) is 0 Å². The Morgan fingerprint density at radius 3 is 2.44 bits per heavy atom. The van der Waals surface area contributed by atoms with Crippen LogP contribution in [0.2, 0.25) is 5.02 Å². The van der Waals surface area contributed by atoms with Gasteiger partial charge in [0.25, 0.3) is 0 Å². The van der Waals surface area contributed by atoms with Gasteiger partial charge in [0.15, 0.2) is 0 Å². The fourth-order valence-electron chi connectivity index (χ4n) is 1.49. The van der Waals surface area contributed by atoms with Crippen molar-refractivity contribution in [2.45, 2.75) is 10.6 Å². The minimum atomic E-state index is -1.09. The molecule has 0 heterocycles.